The molecule has 1 N–H and O–H groups in total. The number of hydrogen-bond acceptors (Lipinski definition) is 4. The van der Waals surface area contributed by atoms with Crippen LogP contribution in [0.5, 0.6) is 0 Å². The van der Waals surface area contributed by atoms with Gasteiger partial charge in [-0.1, -0.05) is 26.3 Å². The van der Waals surface area contributed by atoms with Crippen molar-refractivity contribution in [2.24, 2.45) is 0 Å². The number of hydrogen-bond donors (Lipinski definition) is 1. The number of rotatable bonds is 11. The average Bonchev–Trinajstić information content (AvgIpc) is 2.45. The van der Waals surface area contributed by atoms with Crippen molar-refractivity contribution in [2.45, 2.75) is 39.8 Å². The fourth-order valence-electron chi connectivity index (χ4n) is 1.56. The molecule has 0 saturated carbocycles. The van der Waals surface area contributed by atoms with Crippen molar-refractivity contribution in [3.8, 4) is 0 Å². The van der Waals surface area contributed by atoms with Crippen LogP contribution in [0.25, 0.3) is 0 Å². The lowest BCUT2D eigenvalue weighted by Crippen LogP contribution is -2.12. The summed E-state index contributed by atoms with van der Waals surface area (Å²) >= 11 is 0. The van der Waals surface area contributed by atoms with Crippen LogP contribution in [-0.2, 0) is 22.6 Å². The third-order valence-corrected chi connectivity index (χ3v) is 2.73. The lowest BCUT2D eigenvalue weighted by Gasteiger charge is -2.06. The van der Waals surface area contributed by atoms with Crippen molar-refractivity contribution in [1.29, 1.82) is 0 Å². The number of pyridine rings is 1. The Bertz CT molecular complexity index is 314. The second-order valence-electron chi connectivity index (χ2n) is 4.46. The number of unbranched alkanes of at least 4 members (excludes halogenated alkanes) is 1. The van der Waals surface area contributed by atoms with Gasteiger partial charge in [0.25, 0.3) is 0 Å². The number of nitrogens with one attached hydrogen (secondary N) is 1. The third kappa shape index (κ3) is 7.93. The van der Waals surface area contributed by atoms with E-state index in [9.17, 15) is 0 Å². The van der Waals surface area contributed by atoms with Crippen molar-refractivity contribution in [1.82, 2.24) is 10.3 Å². The van der Waals surface area contributed by atoms with Crippen LogP contribution in [0.4, 0.5) is 0 Å². The van der Waals surface area contributed by atoms with Crippen molar-refractivity contribution >= 4 is 0 Å². The third-order valence-electron chi connectivity index (χ3n) is 2.73. The molecule has 1 rings (SSSR count). The van der Waals surface area contributed by atoms with Gasteiger partial charge >= 0.3 is 0 Å². The quantitative estimate of drug-likeness (QED) is 0.625. The zero-order valence-electron chi connectivity index (χ0n) is 12.2. The molecule has 1 aromatic heterocycles. The van der Waals surface area contributed by atoms with Crippen LogP contribution in [0.15, 0.2) is 18.3 Å². The van der Waals surface area contributed by atoms with Gasteiger partial charge in [-0.3, -0.25) is 4.98 Å². The summed E-state index contributed by atoms with van der Waals surface area (Å²) in [4.78, 5) is 4.37. The van der Waals surface area contributed by atoms with Crippen molar-refractivity contribution in [2.75, 3.05) is 26.4 Å². The summed E-state index contributed by atoms with van der Waals surface area (Å²) in [5.74, 6) is 0. The van der Waals surface area contributed by atoms with Crippen molar-refractivity contribution in [3.05, 3.63) is 29.6 Å². The molecule has 0 aliphatic carbocycles. The molecule has 19 heavy (non-hydrogen) atoms. The summed E-state index contributed by atoms with van der Waals surface area (Å²) in [6.45, 7) is 8.78. The fourth-order valence-corrected chi connectivity index (χ4v) is 1.56. The topological polar surface area (TPSA) is 43.4 Å². The molecule has 0 spiro atoms. The van der Waals surface area contributed by atoms with Gasteiger partial charge in [0.2, 0.25) is 0 Å². The Morgan fingerprint density at radius 3 is 2.63 bits per heavy atom. The molecule has 0 amide bonds. The number of nitrogens with zero attached hydrogens (tertiary/aromatic N) is 1. The molecule has 108 valence electrons. The molecule has 4 nitrogen and oxygen atoms in total. The Balaban J connectivity index is 2.09. The van der Waals surface area contributed by atoms with E-state index in [-0.39, 0.29) is 0 Å². The van der Waals surface area contributed by atoms with E-state index < -0.39 is 0 Å². The predicted molar refractivity (Wildman–Crippen MR) is 77.0 cm³/mol. The largest absolute Gasteiger partial charge is 0.379 e. The molecule has 0 radical (unpaired) electrons. The summed E-state index contributed by atoms with van der Waals surface area (Å²) in [6.07, 6.45) is 4.19. The summed E-state index contributed by atoms with van der Waals surface area (Å²) in [5.41, 5.74) is 2.17. The standard InChI is InChI=1S/C15H26N2O2/c1-3-5-8-18-9-10-19-13-15-7-6-14(12-17-15)11-16-4-2/h6-7,12,16H,3-5,8-11,13H2,1-2H3. The normalized spacial score (nSPS) is 10.8. The Morgan fingerprint density at radius 2 is 1.95 bits per heavy atom. The summed E-state index contributed by atoms with van der Waals surface area (Å²) < 4.78 is 10.9. The summed E-state index contributed by atoms with van der Waals surface area (Å²) in [7, 11) is 0. The maximum absolute atomic E-state index is 5.52. The van der Waals surface area contributed by atoms with Gasteiger partial charge < -0.3 is 14.8 Å². The minimum Gasteiger partial charge on any atom is -0.379 e. The van der Waals surface area contributed by atoms with Crippen LogP contribution >= 0.6 is 0 Å². The van der Waals surface area contributed by atoms with E-state index in [0.717, 1.165) is 31.8 Å². The number of ether oxygens (including phenoxy) is 2. The molecule has 4 heteroatoms. The molecule has 0 aliphatic heterocycles. The first-order valence-electron chi connectivity index (χ1n) is 7.16. The lowest BCUT2D eigenvalue weighted by molar-refractivity contribution is 0.0386. The van der Waals surface area contributed by atoms with E-state index in [0.29, 0.717) is 19.8 Å². The van der Waals surface area contributed by atoms with Crippen LogP contribution in [0.1, 0.15) is 37.9 Å². The van der Waals surface area contributed by atoms with E-state index in [2.05, 4.69) is 30.2 Å². The molecule has 0 saturated heterocycles. The van der Waals surface area contributed by atoms with Gasteiger partial charge in [-0.05, 0) is 24.6 Å². The lowest BCUT2D eigenvalue weighted by atomic mass is 10.2. The summed E-state index contributed by atoms with van der Waals surface area (Å²) in [5, 5.41) is 3.27. The SMILES string of the molecule is CCCCOCCOCc1ccc(CNCC)cn1. The van der Waals surface area contributed by atoms with E-state index in [4.69, 9.17) is 9.47 Å². The molecular formula is C15H26N2O2. The molecule has 0 fully saturated rings. The Labute approximate surface area is 116 Å². The highest BCUT2D eigenvalue weighted by molar-refractivity contribution is 5.13. The molecule has 0 unspecified atom stereocenters. The maximum atomic E-state index is 5.52. The minimum absolute atomic E-state index is 0.554. The molecule has 0 aromatic carbocycles. The fraction of sp³-hybridized carbons (Fsp3) is 0.667. The Hall–Kier alpha value is -0.970. The monoisotopic (exact) mass is 266 g/mol. The molecule has 1 heterocycles. The van der Waals surface area contributed by atoms with Gasteiger partial charge in [0, 0.05) is 19.3 Å². The smallest absolute Gasteiger partial charge is 0.0889 e. The van der Waals surface area contributed by atoms with Crippen LogP contribution in [0.3, 0.4) is 0 Å². The van der Waals surface area contributed by atoms with Gasteiger partial charge in [-0.25, -0.2) is 0 Å². The first-order chi connectivity index (χ1) is 9.36. The van der Waals surface area contributed by atoms with E-state index in [1.165, 1.54) is 12.0 Å². The molecule has 0 aliphatic rings. The molecule has 0 atom stereocenters. The maximum Gasteiger partial charge on any atom is 0.0889 e. The van der Waals surface area contributed by atoms with Crippen LogP contribution in [-0.4, -0.2) is 31.3 Å². The molecular weight excluding hydrogens is 240 g/mol. The van der Waals surface area contributed by atoms with Crippen LogP contribution < -0.4 is 5.32 Å². The highest BCUT2D eigenvalue weighted by atomic mass is 16.5. The Morgan fingerprint density at radius 1 is 1.11 bits per heavy atom. The zero-order valence-corrected chi connectivity index (χ0v) is 12.2. The zero-order chi connectivity index (χ0) is 13.8. The highest BCUT2D eigenvalue weighted by Crippen LogP contribution is 2.01. The van der Waals surface area contributed by atoms with Gasteiger partial charge in [-0.15, -0.1) is 0 Å². The van der Waals surface area contributed by atoms with Crippen LogP contribution in [0, 0.1) is 0 Å². The van der Waals surface area contributed by atoms with Gasteiger partial charge in [0.1, 0.15) is 0 Å². The summed E-state index contributed by atoms with van der Waals surface area (Å²) in [6, 6.07) is 4.11. The average molecular weight is 266 g/mol. The first-order valence-corrected chi connectivity index (χ1v) is 7.16. The van der Waals surface area contributed by atoms with E-state index in [1.54, 1.807) is 0 Å². The minimum atomic E-state index is 0.554. The molecule has 0 bridgehead atoms. The van der Waals surface area contributed by atoms with Crippen LogP contribution in [0.2, 0.25) is 0 Å². The van der Waals surface area contributed by atoms with E-state index in [1.807, 2.05) is 12.3 Å². The second kappa shape index (κ2) is 10.9. The van der Waals surface area contributed by atoms with E-state index >= 15 is 0 Å². The highest BCUT2D eigenvalue weighted by Gasteiger charge is 1.97. The van der Waals surface area contributed by atoms with Crippen molar-refractivity contribution < 1.29 is 9.47 Å². The second-order valence-corrected chi connectivity index (χ2v) is 4.46. The molecule has 1 aromatic rings. The predicted octanol–water partition coefficient (Wildman–Crippen LogP) is 2.52. The Kier molecular flexibility index (Phi) is 9.23. The van der Waals surface area contributed by atoms with Gasteiger partial charge in [-0.2, -0.15) is 0 Å². The van der Waals surface area contributed by atoms with Gasteiger partial charge in [0.05, 0.1) is 25.5 Å². The van der Waals surface area contributed by atoms with Gasteiger partial charge in [0.15, 0.2) is 0 Å². The first kappa shape index (κ1) is 16.1. The van der Waals surface area contributed by atoms with Crippen molar-refractivity contribution in [3.63, 3.8) is 0 Å². The number of aromatic nitrogens is 1.